The summed E-state index contributed by atoms with van der Waals surface area (Å²) in [7, 11) is 0. The van der Waals surface area contributed by atoms with Crippen LogP contribution in [0.1, 0.15) is 49.4 Å². The maximum absolute atomic E-state index is 12.6. The van der Waals surface area contributed by atoms with Crippen molar-refractivity contribution in [3.8, 4) is 0 Å². The van der Waals surface area contributed by atoms with E-state index in [1.807, 2.05) is 17.9 Å². The van der Waals surface area contributed by atoms with Gasteiger partial charge in [-0.1, -0.05) is 46.8 Å². The Morgan fingerprint density at radius 3 is 2.63 bits per heavy atom. The minimum absolute atomic E-state index is 0.0619. The van der Waals surface area contributed by atoms with Crippen LogP contribution in [0.25, 0.3) is 0 Å². The molecule has 0 unspecified atom stereocenters. The standard InChI is InChI=1S/C15H19BrClNO/c1-2-18(12-6-4-3-5-7-12)15(19)13-9-8-11(16)10-14(13)17/h8-10,12H,2-7H2,1H3. The average Bonchev–Trinajstić information content (AvgIpc) is 2.40. The number of amides is 1. The first-order valence-electron chi connectivity index (χ1n) is 6.89. The number of rotatable bonds is 3. The van der Waals surface area contributed by atoms with E-state index in [-0.39, 0.29) is 5.91 Å². The van der Waals surface area contributed by atoms with E-state index in [9.17, 15) is 4.79 Å². The molecule has 0 radical (unpaired) electrons. The molecule has 1 aliphatic carbocycles. The topological polar surface area (TPSA) is 20.3 Å². The molecule has 0 aromatic heterocycles. The quantitative estimate of drug-likeness (QED) is 0.764. The van der Waals surface area contributed by atoms with Gasteiger partial charge in [0.25, 0.3) is 5.91 Å². The number of carbonyl (C=O) groups is 1. The van der Waals surface area contributed by atoms with Crippen LogP contribution in [0.5, 0.6) is 0 Å². The van der Waals surface area contributed by atoms with Gasteiger partial charge in [0.05, 0.1) is 10.6 Å². The lowest BCUT2D eigenvalue weighted by Gasteiger charge is -2.33. The van der Waals surface area contributed by atoms with Crippen molar-refractivity contribution in [2.45, 2.75) is 45.1 Å². The van der Waals surface area contributed by atoms with Crippen LogP contribution in [0.3, 0.4) is 0 Å². The highest BCUT2D eigenvalue weighted by Crippen LogP contribution is 2.27. The summed E-state index contributed by atoms with van der Waals surface area (Å²) < 4.78 is 0.898. The van der Waals surface area contributed by atoms with Gasteiger partial charge in [0.2, 0.25) is 0 Å². The Balaban J connectivity index is 2.19. The lowest BCUT2D eigenvalue weighted by molar-refractivity contribution is 0.0648. The van der Waals surface area contributed by atoms with Gasteiger partial charge in [0, 0.05) is 17.1 Å². The number of benzene rings is 1. The summed E-state index contributed by atoms with van der Waals surface area (Å²) in [5.74, 6) is 0.0619. The van der Waals surface area contributed by atoms with Crippen molar-refractivity contribution < 1.29 is 4.79 Å². The van der Waals surface area contributed by atoms with Crippen LogP contribution >= 0.6 is 27.5 Å². The van der Waals surface area contributed by atoms with E-state index in [0.717, 1.165) is 23.9 Å². The molecule has 4 heteroatoms. The summed E-state index contributed by atoms with van der Waals surface area (Å²) in [6.07, 6.45) is 5.98. The molecule has 0 N–H and O–H groups in total. The number of carbonyl (C=O) groups excluding carboxylic acids is 1. The molecule has 1 aromatic rings. The molecule has 2 nitrogen and oxygen atoms in total. The monoisotopic (exact) mass is 343 g/mol. The molecule has 0 aliphatic heterocycles. The Kier molecular flexibility index (Phi) is 5.28. The van der Waals surface area contributed by atoms with Gasteiger partial charge < -0.3 is 4.90 Å². The fourth-order valence-electron chi connectivity index (χ4n) is 2.78. The molecular weight excluding hydrogens is 326 g/mol. The van der Waals surface area contributed by atoms with Gasteiger partial charge in [-0.25, -0.2) is 0 Å². The minimum atomic E-state index is 0.0619. The molecule has 1 saturated carbocycles. The van der Waals surface area contributed by atoms with Gasteiger partial charge in [-0.2, -0.15) is 0 Å². The fraction of sp³-hybridized carbons (Fsp3) is 0.533. The Hall–Kier alpha value is -0.540. The highest BCUT2D eigenvalue weighted by molar-refractivity contribution is 9.10. The molecular formula is C15H19BrClNO. The van der Waals surface area contributed by atoms with E-state index in [2.05, 4.69) is 15.9 Å². The lowest BCUT2D eigenvalue weighted by Crippen LogP contribution is -2.41. The van der Waals surface area contributed by atoms with Crippen LogP contribution in [-0.2, 0) is 0 Å². The smallest absolute Gasteiger partial charge is 0.255 e. The second-order valence-corrected chi connectivity index (χ2v) is 6.33. The predicted molar refractivity (Wildman–Crippen MR) is 82.7 cm³/mol. The second kappa shape index (κ2) is 6.76. The zero-order valence-electron chi connectivity index (χ0n) is 11.2. The van der Waals surface area contributed by atoms with E-state index in [1.54, 1.807) is 12.1 Å². The first-order chi connectivity index (χ1) is 9.13. The van der Waals surface area contributed by atoms with E-state index >= 15 is 0 Å². The molecule has 0 heterocycles. The molecule has 0 saturated heterocycles. The highest BCUT2D eigenvalue weighted by atomic mass is 79.9. The molecule has 1 fully saturated rings. The summed E-state index contributed by atoms with van der Waals surface area (Å²) in [5.41, 5.74) is 0.609. The summed E-state index contributed by atoms with van der Waals surface area (Å²) >= 11 is 9.55. The van der Waals surface area contributed by atoms with Crippen molar-refractivity contribution in [1.82, 2.24) is 4.90 Å². The predicted octanol–water partition coefficient (Wildman–Crippen LogP) is 4.90. The summed E-state index contributed by atoms with van der Waals surface area (Å²) in [5, 5.41) is 0.522. The minimum Gasteiger partial charge on any atom is -0.336 e. The van der Waals surface area contributed by atoms with E-state index < -0.39 is 0 Å². The van der Waals surface area contributed by atoms with Crippen molar-refractivity contribution >= 4 is 33.4 Å². The maximum atomic E-state index is 12.6. The van der Waals surface area contributed by atoms with Crippen molar-refractivity contribution in [2.24, 2.45) is 0 Å². The Morgan fingerprint density at radius 2 is 2.05 bits per heavy atom. The normalized spacial score (nSPS) is 16.4. The molecule has 19 heavy (non-hydrogen) atoms. The number of halogens is 2. The zero-order chi connectivity index (χ0) is 13.8. The number of nitrogens with zero attached hydrogens (tertiary/aromatic N) is 1. The third-order valence-corrected chi connectivity index (χ3v) is 4.58. The summed E-state index contributed by atoms with van der Waals surface area (Å²) in [4.78, 5) is 14.6. The van der Waals surface area contributed by atoms with E-state index in [4.69, 9.17) is 11.6 Å². The van der Waals surface area contributed by atoms with Gasteiger partial charge in [0.15, 0.2) is 0 Å². The van der Waals surface area contributed by atoms with Crippen LogP contribution in [0, 0.1) is 0 Å². The second-order valence-electron chi connectivity index (χ2n) is 5.01. The van der Waals surface area contributed by atoms with Gasteiger partial charge in [-0.3, -0.25) is 4.79 Å². The summed E-state index contributed by atoms with van der Waals surface area (Å²) in [6.45, 7) is 2.79. The van der Waals surface area contributed by atoms with Gasteiger partial charge in [0.1, 0.15) is 0 Å². The molecule has 1 amide bonds. The zero-order valence-corrected chi connectivity index (χ0v) is 13.5. The Morgan fingerprint density at radius 1 is 1.37 bits per heavy atom. The molecule has 0 spiro atoms. The lowest BCUT2D eigenvalue weighted by atomic mass is 9.93. The Labute approximate surface area is 128 Å². The van der Waals surface area contributed by atoms with Crippen molar-refractivity contribution in [1.29, 1.82) is 0 Å². The van der Waals surface area contributed by atoms with Crippen LogP contribution in [-0.4, -0.2) is 23.4 Å². The van der Waals surface area contributed by atoms with Gasteiger partial charge >= 0.3 is 0 Å². The summed E-state index contributed by atoms with van der Waals surface area (Å²) in [6, 6.07) is 5.84. The Bertz CT molecular complexity index is 457. The molecule has 104 valence electrons. The first-order valence-corrected chi connectivity index (χ1v) is 8.06. The average molecular weight is 345 g/mol. The van der Waals surface area contributed by atoms with Crippen molar-refractivity contribution in [3.05, 3.63) is 33.3 Å². The highest BCUT2D eigenvalue weighted by Gasteiger charge is 2.26. The SMILES string of the molecule is CCN(C(=O)c1ccc(Br)cc1Cl)C1CCCCC1. The molecule has 2 rings (SSSR count). The molecule has 0 bridgehead atoms. The van der Waals surface area contributed by atoms with E-state index in [0.29, 0.717) is 16.6 Å². The maximum Gasteiger partial charge on any atom is 0.255 e. The number of hydrogen-bond donors (Lipinski definition) is 0. The molecule has 1 aliphatic rings. The molecule has 1 aromatic carbocycles. The molecule has 0 atom stereocenters. The third-order valence-electron chi connectivity index (χ3n) is 3.78. The van der Waals surface area contributed by atoms with Crippen LogP contribution in [0.15, 0.2) is 22.7 Å². The van der Waals surface area contributed by atoms with Crippen molar-refractivity contribution in [2.75, 3.05) is 6.54 Å². The third kappa shape index (κ3) is 3.51. The van der Waals surface area contributed by atoms with Gasteiger partial charge in [-0.05, 0) is 38.0 Å². The van der Waals surface area contributed by atoms with Gasteiger partial charge in [-0.15, -0.1) is 0 Å². The largest absolute Gasteiger partial charge is 0.336 e. The van der Waals surface area contributed by atoms with Crippen molar-refractivity contribution in [3.63, 3.8) is 0 Å². The van der Waals surface area contributed by atoms with Crippen LogP contribution < -0.4 is 0 Å². The number of hydrogen-bond acceptors (Lipinski definition) is 1. The van der Waals surface area contributed by atoms with Crippen LogP contribution in [0.2, 0.25) is 5.02 Å². The fourth-order valence-corrected chi connectivity index (χ4v) is 3.53. The van der Waals surface area contributed by atoms with Crippen LogP contribution in [0.4, 0.5) is 0 Å². The first kappa shape index (κ1) is 14.9. The van der Waals surface area contributed by atoms with E-state index in [1.165, 1.54) is 19.3 Å².